The molecule has 0 spiro atoms. The Hall–Kier alpha value is -0.260. The molecule has 0 bridgehead atoms. The summed E-state index contributed by atoms with van der Waals surface area (Å²) < 4.78 is 7.83. The van der Waals surface area contributed by atoms with Gasteiger partial charge in [-0.3, -0.25) is 3.53 Å². The number of hydrogen-bond acceptors (Lipinski definition) is 3. The predicted molar refractivity (Wildman–Crippen MR) is 52.8 cm³/mol. The third-order valence-corrected chi connectivity index (χ3v) is 1.90. The van der Waals surface area contributed by atoms with Crippen molar-refractivity contribution in [1.29, 1.82) is 0 Å². The summed E-state index contributed by atoms with van der Waals surface area (Å²) in [6, 6.07) is 1.91. The van der Waals surface area contributed by atoms with Crippen LogP contribution < -0.4 is 3.53 Å². The highest BCUT2D eigenvalue weighted by atomic mass is 127. The van der Waals surface area contributed by atoms with Crippen LogP contribution in [-0.4, -0.2) is 5.16 Å². The lowest BCUT2D eigenvalue weighted by Gasteiger charge is -2.12. The van der Waals surface area contributed by atoms with Crippen molar-refractivity contribution in [3.05, 3.63) is 11.8 Å². The number of aromatic nitrogens is 1. The molecule has 0 radical (unpaired) electrons. The van der Waals surface area contributed by atoms with Crippen molar-refractivity contribution in [3.63, 3.8) is 0 Å². The molecule has 3 nitrogen and oxygen atoms in total. The minimum Gasteiger partial charge on any atom is -0.338 e. The quantitative estimate of drug-likeness (QED) is 0.627. The summed E-state index contributed by atoms with van der Waals surface area (Å²) >= 11 is 2.01. The maximum absolute atomic E-state index is 4.97. The summed E-state index contributed by atoms with van der Waals surface area (Å²) in [6.45, 7) is 6.30. The number of rotatable bonds is 1. The van der Waals surface area contributed by atoms with Gasteiger partial charge < -0.3 is 4.52 Å². The number of anilines is 1. The van der Waals surface area contributed by atoms with Crippen LogP contribution in [0.2, 0.25) is 0 Å². The van der Waals surface area contributed by atoms with Crippen molar-refractivity contribution >= 4 is 28.7 Å². The second kappa shape index (κ2) is 3.00. The van der Waals surface area contributed by atoms with Gasteiger partial charge in [-0.15, -0.1) is 0 Å². The Morgan fingerprint density at radius 3 is 2.45 bits per heavy atom. The Morgan fingerprint density at radius 1 is 1.55 bits per heavy atom. The highest BCUT2D eigenvalue weighted by molar-refractivity contribution is 14.1. The van der Waals surface area contributed by atoms with Crippen molar-refractivity contribution in [2.24, 2.45) is 0 Å². The maximum atomic E-state index is 4.97. The van der Waals surface area contributed by atoms with Crippen LogP contribution in [0.3, 0.4) is 0 Å². The fourth-order valence-electron chi connectivity index (χ4n) is 0.673. The molecule has 1 heterocycles. The van der Waals surface area contributed by atoms with Gasteiger partial charge in [0.15, 0.2) is 0 Å². The van der Waals surface area contributed by atoms with E-state index >= 15 is 0 Å². The van der Waals surface area contributed by atoms with Gasteiger partial charge in [-0.25, -0.2) is 0 Å². The van der Waals surface area contributed by atoms with E-state index in [0.29, 0.717) is 5.88 Å². The van der Waals surface area contributed by atoms with E-state index in [1.807, 2.05) is 28.9 Å². The lowest BCUT2D eigenvalue weighted by molar-refractivity contribution is 0.406. The average Bonchev–Trinajstić information content (AvgIpc) is 2.32. The van der Waals surface area contributed by atoms with E-state index in [1.165, 1.54) is 0 Å². The molecule has 4 heteroatoms. The Bertz CT molecular complexity index is 239. The van der Waals surface area contributed by atoms with Crippen molar-refractivity contribution in [3.8, 4) is 0 Å². The summed E-state index contributed by atoms with van der Waals surface area (Å²) in [5.41, 5.74) is 1.03. The normalized spacial score (nSPS) is 11.6. The smallest absolute Gasteiger partial charge is 0.233 e. The Morgan fingerprint density at radius 2 is 2.18 bits per heavy atom. The molecule has 0 aliphatic heterocycles. The topological polar surface area (TPSA) is 38.1 Å². The fraction of sp³-hybridized carbons (Fsp3) is 0.571. The Balaban J connectivity index is 2.89. The van der Waals surface area contributed by atoms with E-state index < -0.39 is 0 Å². The molecular formula is C7H11IN2O. The fourth-order valence-corrected chi connectivity index (χ4v) is 0.927. The molecule has 1 aromatic rings. The first-order valence-corrected chi connectivity index (χ1v) is 4.46. The molecule has 0 fully saturated rings. The molecule has 0 atom stereocenters. The zero-order chi connectivity index (χ0) is 8.48. The number of halogens is 1. The highest BCUT2D eigenvalue weighted by Gasteiger charge is 2.18. The first-order chi connectivity index (χ1) is 5.04. The molecule has 11 heavy (non-hydrogen) atoms. The van der Waals surface area contributed by atoms with Gasteiger partial charge in [0, 0.05) is 11.5 Å². The second-order valence-corrected chi connectivity index (χ2v) is 3.96. The van der Waals surface area contributed by atoms with Crippen LogP contribution >= 0.6 is 22.9 Å². The van der Waals surface area contributed by atoms with Gasteiger partial charge in [-0.05, 0) is 0 Å². The highest BCUT2D eigenvalue weighted by Crippen LogP contribution is 2.23. The number of hydrogen-bond donors (Lipinski definition) is 1. The monoisotopic (exact) mass is 266 g/mol. The zero-order valence-corrected chi connectivity index (χ0v) is 8.97. The second-order valence-electron chi connectivity index (χ2n) is 3.42. The lowest BCUT2D eigenvalue weighted by atomic mass is 9.92. The van der Waals surface area contributed by atoms with Gasteiger partial charge in [0.2, 0.25) is 5.88 Å². The molecule has 62 valence electrons. The van der Waals surface area contributed by atoms with Crippen LogP contribution in [0.4, 0.5) is 5.88 Å². The predicted octanol–water partition coefficient (Wildman–Crippen LogP) is 2.73. The Kier molecular flexibility index (Phi) is 2.41. The van der Waals surface area contributed by atoms with Crippen molar-refractivity contribution in [2.45, 2.75) is 26.2 Å². The van der Waals surface area contributed by atoms with Crippen LogP contribution in [0.1, 0.15) is 26.5 Å². The molecule has 1 aromatic heterocycles. The van der Waals surface area contributed by atoms with Crippen LogP contribution in [0, 0.1) is 0 Å². The summed E-state index contributed by atoms with van der Waals surface area (Å²) in [4.78, 5) is 0. The van der Waals surface area contributed by atoms with E-state index in [0.717, 1.165) is 5.69 Å². The van der Waals surface area contributed by atoms with Crippen molar-refractivity contribution in [2.75, 3.05) is 3.53 Å². The molecule has 0 amide bonds. The van der Waals surface area contributed by atoms with Crippen molar-refractivity contribution in [1.82, 2.24) is 5.16 Å². The largest absolute Gasteiger partial charge is 0.338 e. The first kappa shape index (κ1) is 8.83. The molecule has 0 aliphatic rings. The maximum Gasteiger partial charge on any atom is 0.233 e. The molecular weight excluding hydrogens is 255 g/mol. The third-order valence-electron chi connectivity index (χ3n) is 1.37. The van der Waals surface area contributed by atoms with E-state index in [4.69, 9.17) is 4.52 Å². The molecule has 0 saturated carbocycles. The Labute approximate surface area is 80.0 Å². The van der Waals surface area contributed by atoms with Crippen LogP contribution in [0.25, 0.3) is 0 Å². The lowest BCUT2D eigenvalue weighted by Crippen LogP contribution is -2.10. The average molecular weight is 266 g/mol. The first-order valence-electron chi connectivity index (χ1n) is 3.38. The molecule has 0 unspecified atom stereocenters. The summed E-state index contributed by atoms with van der Waals surface area (Å²) in [6.07, 6.45) is 0. The van der Waals surface area contributed by atoms with Crippen LogP contribution in [0.15, 0.2) is 10.6 Å². The molecule has 0 aliphatic carbocycles. The van der Waals surface area contributed by atoms with Gasteiger partial charge >= 0.3 is 0 Å². The molecule has 0 aromatic carbocycles. The minimum atomic E-state index is 0.0647. The standard InChI is InChI=1S/C7H11IN2O/c1-7(2,3)5-4-6(9-8)11-10-5/h4,9H,1-3H3. The summed E-state index contributed by atoms with van der Waals surface area (Å²) in [5, 5.41) is 3.92. The minimum absolute atomic E-state index is 0.0647. The van der Waals surface area contributed by atoms with Gasteiger partial charge in [-0.2, -0.15) is 0 Å². The van der Waals surface area contributed by atoms with Gasteiger partial charge in [0.1, 0.15) is 0 Å². The van der Waals surface area contributed by atoms with E-state index in [9.17, 15) is 0 Å². The van der Waals surface area contributed by atoms with Crippen LogP contribution in [0.5, 0.6) is 0 Å². The van der Waals surface area contributed by atoms with Crippen LogP contribution in [-0.2, 0) is 5.41 Å². The third kappa shape index (κ3) is 2.08. The zero-order valence-electron chi connectivity index (χ0n) is 6.81. The molecule has 1 N–H and O–H groups in total. The SMILES string of the molecule is CC(C)(C)c1cc(NI)on1. The van der Waals surface area contributed by atoms with E-state index in [1.54, 1.807) is 0 Å². The van der Waals surface area contributed by atoms with Crippen molar-refractivity contribution < 1.29 is 4.52 Å². The van der Waals surface area contributed by atoms with Gasteiger partial charge in [0.05, 0.1) is 28.6 Å². The summed E-state index contributed by atoms with van der Waals surface area (Å²) in [7, 11) is 0. The molecule has 0 saturated heterocycles. The number of nitrogens with zero attached hydrogens (tertiary/aromatic N) is 1. The van der Waals surface area contributed by atoms with E-state index in [-0.39, 0.29) is 5.41 Å². The van der Waals surface area contributed by atoms with Gasteiger partial charge in [-0.1, -0.05) is 25.9 Å². The van der Waals surface area contributed by atoms with Gasteiger partial charge in [0.25, 0.3) is 0 Å². The van der Waals surface area contributed by atoms with E-state index in [2.05, 4.69) is 29.5 Å². The number of nitrogens with one attached hydrogen (secondary N) is 1. The molecule has 1 rings (SSSR count). The summed E-state index contributed by atoms with van der Waals surface area (Å²) in [5.74, 6) is 0.704.